The Morgan fingerprint density at radius 2 is 1.60 bits per heavy atom. The summed E-state index contributed by atoms with van der Waals surface area (Å²) in [7, 11) is 0. The summed E-state index contributed by atoms with van der Waals surface area (Å²) in [4.78, 5) is 0. The van der Waals surface area contributed by atoms with Crippen molar-refractivity contribution in [3.8, 4) is 0 Å². The Balaban J connectivity index is 3.54. The molecule has 0 saturated heterocycles. The number of hydrogen-bond donors (Lipinski definition) is 1. The first kappa shape index (κ1) is 15.3. The van der Waals surface area contributed by atoms with Gasteiger partial charge in [0, 0.05) is 16.5 Å². The highest BCUT2D eigenvalue weighted by Crippen LogP contribution is 2.23. The number of nitrogens with one attached hydrogen (secondary N) is 1. The number of thioether (sulfide) groups is 1. The normalized spacial score (nSPS) is 15.4. The first-order valence-corrected chi connectivity index (χ1v) is 6.96. The molecule has 0 aliphatic heterocycles. The van der Waals surface area contributed by atoms with Gasteiger partial charge in [0.2, 0.25) is 0 Å². The maximum atomic E-state index is 3.59. The molecule has 92 valence electrons. The van der Waals surface area contributed by atoms with Crippen LogP contribution in [-0.2, 0) is 0 Å². The monoisotopic (exact) mass is 231 g/mol. The Kier molecular flexibility index (Phi) is 6.27. The second kappa shape index (κ2) is 6.15. The zero-order valence-electron chi connectivity index (χ0n) is 11.6. The van der Waals surface area contributed by atoms with E-state index in [2.05, 4.69) is 53.8 Å². The minimum absolute atomic E-state index is 0.389. The molecule has 0 radical (unpaired) electrons. The second-order valence-electron chi connectivity index (χ2n) is 6.59. The van der Waals surface area contributed by atoms with Crippen LogP contribution >= 0.6 is 11.8 Å². The van der Waals surface area contributed by atoms with Crippen LogP contribution in [0.1, 0.15) is 54.9 Å². The number of hydrogen-bond acceptors (Lipinski definition) is 2. The standard InChI is InChI=1S/C13H29NS/c1-11(10-15-13(5,6)7)14-9-8-12(2,3)4/h11,14H,8-10H2,1-7H3. The second-order valence-corrected chi connectivity index (χ2v) is 8.44. The summed E-state index contributed by atoms with van der Waals surface area (Å²) in [6.07, 6.45) is 1.25. The fourth-order valence-electron chi connectivity index (χ4n) is 1.13. The van der Waals surface area contributed by atoms with Crippen molar-refractivity contribution in [1.29, 1.82) is 0 Å². The first-order chi connectivity index (χ1) is 6.60. The molecule has 0 fully saturated rings. The molecule has 0 heterocycles. The molecule has 1 N–H and O–H groups in total. The molecule has 1 nitrogen and oxygen atoms in total. The molecular formula is C13H29NS. The first-order valence-electron chi connectivity index (χ1n) is 5.97. The molecule has 0 bridgehead atoms. The van der Waals surface area contributed by atoms with E-state index >= 15 is 0 Å². The summed E-state index contributed by atoms with van der Waals surface area (Å²) in [5.74, 6) is 1.20. The molecule has 0 amide bonds. The summed E-state index contributed by atoms with van der Waals surface area (Å²) in [6, 6.07) is 0.622. The molecule has 0 aromatic heterocycles. The number of rotatable bonds is 5. The molecule has 0 saturated carbocycles. The van der Waals surface area contributed by atoms with Crippen molar-refractivity contribution in [2.45, 2.75) is 65.7 Å². The molecule has 1 atom stereocenters. The lowest BCUT2D eigenvalue weighted by atomic mass is 9.92. The summed E-state index contributed by atoms with van der Waals surface area (Å²) in [6.45, 7) is 17.1. The highest BCUT2D eigenvalue weighted by atomic mass is 32.2. The average Bonchev–Trinajstić information content (AvgIpc) is 1.97. The van der Waals surface area contributed by atoms with Gasteiger partial charge in [0.25, 0.3) is 0 Å². The minimum Gasteiger partial charge on any atom is -0.313 e. The molecule has 15 heavy (non-hydrogen) atoms. The molecule has 0 rings (SSSR count). The van der Waals surface area contributed by atoms with Crippen molar-refractivity contribution in [3.63, 3.8) is 0 Å². The maximum Gasteiger partial charge on any atom is 0.0130 e. The molecule has 0 spiro atoms. The van der Waals surface area contributed by atoms with Gasteiger partial charge in [-0.1, -0.05) is 41.5 Å². The third-order valence-corrected chi connectivity index (χ3v) is 3.67. The summed E-state index contributed by atoms with van der Waals surface area (Å²) >= 11 is 2.04. The summed E-state index contributed by atoms with van der Waals surface area (Å²) in [5, 5.41) is 3.59. The lowest BCUT2D eigenvalue weighted by molar-refractivity contribution is 0.360. The van der Waals surface area contributed by atoms with Crippen LogP contribution < -0.4 is 5.32 Å². The molecule has 0 aromatic carbocycles. The summed E-state index contributed by atoms with van der Waals surface area (Å²) in [5.41, 5.74) is 0.448. The van der Waals surface area contributed by atoms with E-state index in [0.29, 0.717) is 16.2 Å². The molecular weight excluding hydrogens is 202 g/mol. The van der Waals surface area contributed by atoms with E-state index < -0.39 is 0 Å². The lowest BCUT2D eigenvalue weighted by Gasteiger charge is -2.23. The highest BCUT2D eigenvalue weighted by Gasteiger charge is 2.14. The third kappa shape index (κ3) is 12.2. The molecule has 1 unspecified atom stereocenters. The van der Waals surface area contributed by atoms with Gasteiger partial charge in [-0.05, 0) is 25.3 Å². The zero-order chi connectivity index (χ0) is 12.1. The van der Waals surface area contributed by atoms with Gasteiger partial charge in [0.15, 0.2) is 0 Å². The van der Waals surface area contributed by atoms with Crippen molar-refractivity contribution >= 4 is 11.8 Å². The maximum absolute atomic E-state index is 3.59. The van der Waals surface area contributed by atoms with Gasteiger partial charge in [-0.3, -0.25) is 0 Å². The van der Waals surface area contributed by atoms with Crippen LogP contribution in [0, 0.1) is 5.41 Å². The van der Waals surface area contributed by atoms with E-state index in [0.717, 1.165) is 6.54 Å². The van der Waals surface area contributed by atoms with Crippen LogP contribution in [-0.4, -0.2) is 23.1 Å². The van der Waals surface area contributed by atoms with Gasteiger partial charge in [-0.2, -0.15) is 11.8 Å². The topological polar surface area (TPSA) is 12.0 Å². The lowest BCUT2D eigenvalue weighted by Crippen LogP contribution is -2.32. The van der Waals surface area contributed by atoms with Crippen molar-refractivity contribution < 1.29 is 0 Å². The van der Waals surface area contributed by atoms with E-state index in [4.69, 9.17) is 0 Å². The minimum atomic E-state index is 0.389. The average molecular weight is 231 g/mol. The predicted molar refractivity (Wildman–Crippen MR) is 73.7 cm³/mol. The Morgan fingerprint density at radius 1 is 1.07 bits per heavy atom. The molecule has 0 aliphatic rings. The Morgan fingerprint density at radius 3 is 2.00 bits per heavy atom. The molecule has 0 aromatic rings. The van der Waals surface area contributed by atoms with E-state index in [1.807, 2.05) is 11.8 Å². The van der Waals surface area contributed by atoms with E-state index in [1.165, 1.54) is 12.2 Å². The third-order valence-electron chi connectivity index (χ3n) is 2.13. The van der Waals surface area contributed by atoms with Gasteiger partial charge >= 0.3 is 0 Å². The Hall–Kier alpha value is 0.310. The van der Waals surface area contributed by atoms with Crippen molar-refractivity contribution in [2.24, 2.45) is 5.41 Å². The van der Waals surface area contributed by atoms with Crippen LogP contribution in [0.25, 0.3) is 0 Å². The van der Waals surface area contributed by atoms with Gasteiger partial charge in [0.1, 0.15) is 0 Å². The Labute approximate surface area is 101 Å². The highest BCUT2D eigenvalue weighted by molar-refractivity contribution is 8.00. The smallest absolute Gasteiger partial charge is 0.0130 e. The van der Waals surface area contributed by atoms with Crippen LogP contribution in [0.2, 0.25) is 0 Å². The van der Waals surface area contributed by atoms with Crippen molar-refractivity contribution in [1.82, 2.24) is 5.32 Å². The predicted octanol–water partition coefficient (Wildman–Crippen LogP) is 3.93. The SMILES string of the molecule is CC(CSC(C)(C)C)NCCC(C)(C)C. The van der Waals surface area contributed by atoms with Gasteiger partial charge in [0.05, 0.1) is 0 Å². The van der Waals surface area contributed by atoms with Crippen LogP contribution in [0.4, 0.5) is 0 Å². The Bertz CT molecular complexity index is 164. The van der Waals surface area contributed by atoms with Gasteiger partial charge < -0.3 is 5.32 Å². The van der Waals surface area contributed by atoms with Gasteiger partial charge in [-0.25, -0.2) is 0 Å². The van der Waals surface area contributed by atoms with Gasteiger partial charge in [-0.15, -0.1) is 0 Å². The van der Waals surface area contributed by atoms with Crippen LogP contribution in [0.15, 0.2) is 0 Å². The zero-order valence-corrected chi connectivity index (χ0v) is 12.4. The van der Waals surface area contributed by atoms with Crippen molar-refractivity contribution in [3.05, 3.63) is 0 Å². The summed E-state index contributed by atoms with van der Waals surface area (Å²) < 4.78 is 0.389. The fourth-order valence-corrected chi connectivity index (χ4v) is 2.00. The van der Waals surface area contributed by atoms with E-state index in [1.54, 1.807) is 0 Å². The molecule has 0 aliphatic carbocycles. The van der Waals surface area contributed by atoms with Crippen LogP contribution in [0.3, 0.4) is 0 Å². The van der Waals surface area contributed by atoms with E-state index in [-0.39, 0.29) is 0 Å². The quantitative estimate of drug-likeness (QED) is 0.769. The molecule has 2 heteroatoms. The van der Waals surface area contributed by atoms with E-state index in [9.17, 15) is 0 Å². The fraction of sp³-hybridized carbons (Fsp3) is 1.00. The van der Waals surface area contributed by atoms with Crippen LogP contribution in [0.5, 0.6) is 0 Å². The largest absolute Gasteiger partial charge is 0.313 e. The van der Waals surface area contributed by atoms with Crippen molar-refractivity contribution in [2.75, 3.05) is 12.3 Å².